The quantitative estimate of drug-likeness (QED) is 0.832. The van der Waals surface area contributed by atoms with E-state index in [9.17, 15) is 9.18 Å². The van der Waals surface area contributed by atoms with Crippen LogP contribution in [0.3, 0.4) is 0 Å². The highest BCUT2D eigenvalue weighted by molar-refractivity contribution is 6.32. The van der Waals surface area contributed by atoms with Gasteiger partial charge in [0.25, 0.3) is 5.91 Å². The third-order valence-corrected chi connectivity index (χ3v) is 4.23. The lowest BCUT2D eigenvalue weighted by Gasteiger charge is -2.29. The molecule has 1 aromatic carbocycles. The minimum Gasteiger partial charge on any atom is -0.367 e. The SMILES string of the molecule is O=C(NCc1ccc(N2CCNCC2)c(F)c1)c1cccnc1Cl. The number of halogens is 2. The molecule has 2 heterocycles. The van der Waals surface area contributed by atoms with Gasteiger partial charge in [-0.1, -0.05) is 17.7 Å². The highest BCUT2D eigenvalue weighted by Gasteiger charge is 2.15. The van der Waals surface area contributed by atoms with Gasteiger partial charge >= 0.3 is 0 Å². The predicted molar refractivity (Wildman–Crippen MR) is 91.9 cm³/mol. The van der Waals surface area contributed by atoms with Crippen LogP contribution in [0.15, 0.2) is 36.5 Å². The average Bonchev–Trinajstić information content (AvgIpc) is 2.61. The lowest BCUT2D eigenvalue weighted by molar-refractivity contribution is 0.0950. The van der Waals surface area contributed by atoms with E-state index in [0.717, 1.165) is 26.2 Å². The summed E-state index contributed by atoms with van der Waals surface area (Å²) in [6, 6.07) is 8.29. The van der Waals surface area contributed by atoms with Gasteiger partial charge in [0.1, 0.15) is 11.0 Å². The Morgan fingerprint density at radius 1 is 1.33 bits per heavy atom. The molecule has 0 spiro atoms. The number of carbonyl (C=O) groups is 1. The second-order valence-corrected chi connectivity index (χ2v) is 5.91. The normalized spacial score (nSPS) is 14.5. The lowest BCUT2D eigenvalue weighted by Crippen LogP contribution is -2.43. The molecule has 0 bridgehead atoms. The maximum Gasteiger partial charge on any atom is 0.254 e. The molecule has 1 amide bonds. The molecule has 1 fully saturated rings. The Labute approximate surface area is 144 Å². The fraction of sp³-hybridized carbons (Fsp3) is 0.294. The lowest BCUT2D eigenvalue weighted by atomic mass is 10.1. The van der Waals surface area contributed by atoms with E-state index < -0.39 is 0 Å². The van der Waals surface area contributed by atoms with E-state index in [1.54, 1.807) is 18.2 Å². The molecule has 1 aliphatic rings. The first-order valence-corrected chi connectivity index (χ1v) is 8.16. The van der Waals surface area contributed by atoms with Gasteiger partial charge in [0.2, 0.25) is 0 Å². The molecule has 5 nitrogen and oxygen atoms in total. The van der Waals surface area contributed by atoms with Gasteiger partial charge < -0.3 is 15.5 Å². The molecule has 0 atom stereocenters. The van der Waals surface area contributed by atoms with Crippen LogP contribution in [-0.2, 0) is 6.54 Å². The Bertz CT molecular complexity index is 734. The first-order valence-electron chi connectivity index (χ1n) is 7.78. The van der Waals surface area contributed by atoms with E-state index >= 15 is 0 Å². The van der Waals surface area contributed by atoms with Crippen molar-refractivity contribution in [3.8, 4) is 0 Å². The number of hydrogen-bond donors (Lipinski definition) is 2. The van der Waals surface area contributed by atoms with Crippen LogP contribution in [0.2, 0.25) is 5.15 Å². The van der Waals surface area contributed by atoms with Gasteiger partial charge in [0.15, 0.2) is 0 Å². The van der Waals surface area contributed by atoms with Gasteiger partial charge in [-0.3, -0.25) is 4.79 Å². The number of aromatic nitrogens is 1. The van der Waals surface area contributed by atoms with E-state index in [1.165, 1.54) is 12.3 Å². The molecule has 1 aromatic heterocycles. The van der Waals surface area contributed by atoms with E-state index in [1.807, 2.05) is 11.0 Å². The van der Waals surface area contributed by atoms with Crippen LogP contribution in [0, 0.1) is 5.82 Å². The van der Waals surface area contributed by atoms with Crippen molar-refractivity contribution < 1.29 is 9.18 Å². The maximum absolute atomic E-state index is 14.3. The van der Waals surface area contributed by atoms with E-state index in [0.29, 0.717) is 16.8 Å². The number of amides is 1. The van der Waals surface area contributed by atoms with E-state index in [4.69, 9.17) is 11.6 Å². The number of anilines is 1. The van der Waals surface area contributed by atoms with Crippen LogP contribution in [0.5, 0.6) is 0 Å². The second-order valence-electron chi connectivity index (χ2n) is 5.55. The summed E-state index contributed by atoms with van der Waals surface area (Å²) in [5, 5.41) is 6.12. The number of nitrogens with zero attached hydrogens (tertiary/aromatic N) is 2. The molecular weight excluding hydrogens is 331 g/mol. The highest BCUT2D eigenvalue weighted by atomic mass is 35.5. The molecule has 0 saturated carbocycles. The Morgan fingerprint density at radius 3 is 2.83 bits per heavy atom. The molecule has 2 N–H and O–H groups in total. The minimum absolute atomic E-state index is 0.148. The summed E-state index contributed by atoms with van der Waals surface area (Å²) in [5.74, 6) is -0.609. The fourth-order valence-corrected chi connectivity index (χ4v) is 2.86. The van der Waals surface area contributed by atoms with E-state index in [2.05, 4.69) is 15.6 Å². The van der Waals surface area contributed by atoms with Gasteiger partial charge in [0.05, 0.1) is 11.3 Å². The molecule has 0 aliphatic carbocycles. The summed E-state index contributed by atoms with van der Waals surface area (Å²) in [7, 11) is 0. The minimum atomic E-state index is -0.334. The summed E-state index contributed by atoms with van der Waals surface area (Å²) in [4.78, 5) is 18.0. The number of benzene rings is 1. The second kappa shape index (κ2) is 7.59. The van der Waals surface area contributed by atoms with Gasteiger partial charge in [0, 0.05) is 38.9 Å². The fourth-order valence-electron chi connectivity index (χ4n) is 2.66. The molecule has 126 valence electrons. The van der Waals surface area contributed by atoms with Crippen molar-refractivity contribution in [2.75, 3.05) is 31.1 Å². The smallest absolute Gasteiger partial charge is 0.254 e. The number of piperazine rings is 1. The standard InChI is InChI=1S/C17H18ClFN4O/c18-16-13(2-1-5-21-16)17(24)22-11-12-3-4-15(14(19)10-12)23-8-6-20-7-9-23/h1-5,10,20H,6-9,11H2,(H,22,24). The summed E-state index contributed by atoms with van der Waals surface area (Å²) in [6.07, 6.45) is 1.52. The van der Waals surface area contributed by atoms with Gasteiger partial charge in [-0.2, -0.15) is 0 Å². The number of pyridine rings is 1. The number of hydrogen-bond acceptors (Lipinski definition) is 4. The number of carbonyl (C=O) groups excluding carboxylic acids is 1. The van der Waals surface area contributed by atoms with Crippen molar-refractivity contribution in [1.29, 1.82) is 0 Å². The first-order chi connectivity index (χ1) is 11.6. The average molecular weight is 349 g/mol. The molecule has 1 saturated heterocycles. The van der Waals surface area contributed by atoms with Crippen LogP contribution in [0.4, 0.5) is 10.1 Å². The van der Waals surface area contributed by atoms with E-state index in [-0.39, 0.29) is 23.4 Å². The van der Waals surface area contributed by atoms with Crippen LogP contribution in [-0.4, -0.2) is 37.1 Å². The zero-order valence-electron chi connectivity index (χ0n) is 13.1. The zero-order chi connectivity index (χ0) is 16.9. The Hall–Kier alpha value is -2.18. The monoisotopic (exact) mass is 348 g/mol. The van der Waals surface area contributed by atoms with Crippen LogP contribution >= 0.6 is 11.6 Å². The summed E-state index contributed by atoms with van der Waals surface area (Å²) < 4.78 is 14.3. The van der Waals surface area contributed by atoms with Gasteiger partial charge in [-0.05, 0) is 29.8 Å². The van der Waals surface area contributed by atoms with Crippen molar-refractivity contribution in [3.05, 3.63) is 58.6 Å². The molecule has 3 rings (SSSR count). The molecule has 1 aliphatic heterocycles. The molecule has 7 heteroatoms. The largest absolute Gasteiger partial charge is 0.367 e. The van der Waals surface area contributed by atoms with Crippen LogP contribution in [0.1, 0.15) is 15.9 Å². The summed E-state index contributed by atoms with van der Waals surface area (Å²) in [6.45, 7) is 3.49. The topological polar surface area (TPSA) is 57.3 Å². The van der Waals surface area contributed by atoms with Crippen LogP contribution in [0.25, 0.3) is 0 Å². The van der Waals surface area contributed by atoms with Crippen molar-refractivity contribution in [1.82, 2.24) is 15.6 Å². The van der Waals surface area contributed by atoms with Crippen molar-refractivity contribution >= 4 is 23.2 Å². The van der Waals surface area contributed by atoms with Gasteiger partial charge in [-0.25, -0.2) is 9.37 Å². The zero-order valence-corrected chi connectivity index (χ0v) is 13.8. The van der Waals surface area contributed by atoms with Crippen molar-refractivity contribution in [2.24, 2.45) is 0 Å². The first kappa shape index (κ1) is 16.7. The van der Waals surface area contributed by atoms with Crippen molar-refractivity contribution in [2.45, 2.75) is 6.54 Å². The Kier molecular flexibility index (Phi) is 5.27. The number of nitrogens with one attached hydrogen (secondary N) is 2. The maximum atomic E-state index is 14.3. The third-order valence-electron chi connectivity index (χ3n) is 3.93. The summed E-state index contributed by atoms with van der Waals surface area (Å²) >= 11 is 5.89. The molecule has 0 unspecified atom stereocenters. The Morgan fingerprint density at radius 2 is 2.12 bits per heavy atom. The van der Waals surface area contributed by atoms with Crippen molar-refractivity contribution in [3.63, 3.8) is 0 Å². The molecule has 0 radical (unpaired) electrons. The predicted octanol–water partition coefficient (Wildman–Crippen LogP) is 2.21. The molecule has 2 aromatic rings. The van der Waals surface area contributed by atoms with Gasteiger partial charge in [-0.15, -0.1) is 0 Å². The number of rotatable bonds is 4. The molecule has 24 heavy (non-hydrogen) atoms. The Balaban J connectivity index is 1.64. The van der Waals surface area contributed by atoms with Crippen LogP contribution < -0.4 is 15.5 Å². The highest BCUT2D eigenvalue weighted by Crippen LogP contribution is 2.21. The molecular formula is C17H18ClFN4O. The summed E-state index contributed by atoms with van der Waals surface area (Å²) in [5.41, 5.74) is 1.60. The third kappa shape index (κ3) is 3.83.